The number of fused-ring (bicyclic) bond motifs is 2. The van der Waals surface area contributed by atoms with Crippen LogP contribution < -0.4 is 29.9 Å². The number of likely N-dealkylation sites (tertiary alicyclic amines) is 2. The molecule has 2 aliphatic heterocycles. The van der Waals surface area contributed by atoms with Crippen molar-refractivity contribution in [1.29, 1.82) is 0 Å². The maximum atomic E-state index is 12.1. The second-order valence-corrected chi connectivity index (χ2v) is 30.8. The Morgan fingerprint density at radius 1 is 0.703 bits per heavy atom. The lowest BCUT2D eigenvalue weighted by Gasteiger charge is -2.35. The highest BCUT2D eigenvalue weighted by Gasteiger charge is 2.53. The Kier molecular flexibility index (Phi) is 21.3. The Balaban J connectivity index is 0.000000193. The molecule has 4 aromatic heterocycles. The molecule has 24 nitrogen and oxygen atoms in total. The molecule has 2 atom stereocenters. The summed E-state index contributed by atoms with van der Waals surface area (Å²) in [6, 6.07) is 26.2. The number of hydrogen-bond donors (Lipinski definition) is 3. The van der Waals surface area contributed by atoms with Crippen molar-refractivity contribution < 1.29 is 49.9 Å². The second-order valence-electron chi connectivity index (χ2n) is 24.2. The highest BCUT2D eigenvalue weighted by Crippen LogP contribution is 2.43. The summed E-state index contributed by atoms with van der Waals surface area (Å²) in [5.74, 6) is 2.24. The Hall–Kier alpha value is -8.48. The van der Waals surface area contributed by atoms with Gasteiger partial charge in [0.1, 0.15) is 22.9 Å². The minimum atomic E-state index is -5.48. The van der Waals surface area contributed by atoms with E-state index in [9.17, 15) is 46.9 Å². The van der Waals surface area contributed by atoms with Crippen molar-refractivity contribution in [1.82, 2.24) is 38.9 Å². The Morgan fingerprint density at radius 3 is 1.51 bits per heavy atom. The number of rotatable bonds is 20. The van der Waals surface area contributed by atoms with Crippen LogP contribution in [0.5, 0.6) is 11.5 Å². The summed E-state index contributed by atoms with van der Waals surface area (Å²) >= 11 is 0. The van der Waals surface area contributed by atoms with Gasteiger partial charge in [0.2, 0.25) is 20.2 Å². The first-order valence-electron chi connectivity index (χ1n) is 29.5. The van der Waals surface area contributed by atoms with Gasteiger partial charge in [-0.2, -0.15) is 21.6 Å². The summed E-state index contributed by atoms with van der Waals surface area (Å²) in [5.41, 5.74) is 2.01. The maximum absolute atomic E-state index is 12.1. The lowest BCUT2D eigenvalue weighted by molar-refractivity contribution is -0.384. The van der Waals surface area contributed by atoms with E-state index >= 15 is 0 Å². The summed E-state index contributed by atoms with van der Waals surface area (Å²) in [4.78, 5) is 49.8. The van der Waals surface area contributed by atoms with Gasteiger partial charge in [0.25, 0.3) is 11.4 Å². The predicted octanol–water partition coefficient (Wildman–Crippen LogP) is 11.7. The molecule has 0 radical (unpaired) electrons. The molecule has 4 aromatic carbocycles. The van der Waals surface area contributed by atoms with E-state index in [1.807, 2.05) is 97.4 Å². The van der Waals surface area contributed by atoms with Crippen LogP contribution in [0.25, 0.3) is 44.3 Å². The first-order chi connectivity index (χ1) is 42.9. The van der Waals surface area contributed by atoms with Gasteiger partial charge in [0.05, 0.1) is 52.9 Å². The number of nitro groups is 2. The number of anilines is 6. The summed E-state index contributed by atoms with van der Waals surface area (Å²) in [6.07, 6.45) is 9.04. The Morgan fingerprint density at radius 2 is 1.13 bits per heavy atom. The maximum Gasteiger partial charge on any atom is 0.522 e. The second kappa shape index (κ2) is 28.4. The van der Waals surface area contributed by atoms with Crippen molar-refractivity contribution in [3.63, 3.8) is 0 Å². The molecule has 6 heterocycles. The van der Waals surface area contributed by atoms with Gasteiger partial charge in [0.15, 0.2) is 0 Å². The fourth-order valence-corrected chi connectivity index (χ4v) is 14.1. The van der Waals surface area contributed by atoms with Crippen molar-refractivity contribution in [3.8, 4) is 34.0 Å². The number of aryl methyl sites for hydroxylation is 2. The standard InChI is InChI=1S/C28H33N7O3.C27H31N7O4.C7H15F3O3SSi/c1-19-10-12-34(17-19)14-13-32(2)25-16-27(38-4)23(15-26(25)35(36)37)31-28-29-11-9-22(30-28)21-18-33(3)24-8-6-5-7-20(21)24;1-31(12-13-33-11-9-18(35)16-33)24-15-26(38-3)22(14-25(24)34(36)37)30-27-28-10-8-21(29-27)20-17-32(2)23-7-5-4-6-19(20)23;1-6(2,3)15(4,5)13-14(11,12)7(8,9)10/h5-9,11,15-16,18-19H,10,12-14,17H2,1-4H3,(H,29,30,31);4-8,10,14-15,17-18,35H,9,11-13,16H2,1-3H3,(H,28,29,30);1-5H3. The summed E-state index contributed by atoms with van der Waals surface area (Å²) in [7, 11) is 2.33. The molecule has 0 saturated carbocycles. The third-order valence-electron chi connectivity index (χ3n) is 16.6. The van der Waals surface area contributed by atoms with Crippen LogP contribution in [0, 0.1) is 26.1 Å². The van der Waals surface area contributed by atoms with Crippen LogP contribution in [0.4, 0.5) is 59.2 Å². The zero-order valence-corrected chi connectivity index (χ0v) is 55.0. The average molecular weight is 1300 g/mol. The van der Waals surface area contributed by atoms with Gasteiger partial charge in [0, 0.05) is 156 Å². The number of nitro benzene ring substituents is 2. The van der Waals surface area contributed by atoms with Crippen LogP contribution in [0.1, 0.15) is 40.5 Å². The lowest BCUT2D eigenvalue weighted by Crippen LogP contribution is -2.45. The molecule has 488 valence electrons. The number of aliphatic hydroxyl groups is 1. The van der Waals surface area contributed by atoms with Gasteiger partial charge in [-0.05, 0) is 67.7 Å². The van der Waals surface area contributed by atoms with Gasteiger partial charge in [-0.3, -0.25) is 25.1 Å². The summed E-state index contributed by atoms with van der Waals surface area (Å²) in [6.45, 7) is 16.5. The SMILES string of the molecule is CC(C)(C)[Si](C)(C)OS(=O)(=O)C(F)(F)F.COc1cc(N(C)CCN2CCC(C)C2)c([N+](=O)[O-])cc1Nc1nccc(-c2cn(C)c3ccccc23)n1.COc1cc(N(C)CCN2CCC(O)C2)c([N+](=O)[O-])cc1Nc1nccc(-c2cn(C)c3ccccc23)n1. The number of methoxy groups -OCH3 is 2. The monoisotopic (exact) mass is 1300 g/mol. The van der Waals surface area contributed by atoms with Crippen LogP contribution in [0.15, 0.2) is 110 Å². The van der Waals surface area contributed by atoms with Crippen LogP contribution in [-0.2, 0) is 28.1 Å². The number of nitrogens with one attached hydrogen (secondary N) is 2. The largest absolute Gasteiger partial charge is 0.522 e. The van der Waals surface area contributed by atoms with Gasteiger partial charge in [-0.25, -0.2) is 19.9 Å². The van der Waals surface area contributed by atoms with Gasteiger partial charge in [-0.1, -0.05) is 64.1 Å². The number of nitrogens with zero attached hydrogens (tertiary/aromatic N) is 12. The first-order valence-corrected chi connectivity index (χ1v) is 33.8. The molecule has 2 saturated heterocycles. The van der Waals surface area contributed by atoms with Gasteiger partial charge < -0.3 is 52.9 Å². The van der Waals surface area contributed by atoms with Crippen molar-refractivity contribution >= 4 is 86.3 Å². The van der Waals surface area contributed by atoms with Crippen LogP contribution in [0.2, 0.25) is 18.1 Å². The zero-order valence-electron chi connectivity index (χ0n) is 53.1. The minimum Gasteiger partial charge on any atom is -0.494 e. The Bertz CT molecular complexity index is 3790. The van der Waals surface area contributed by atoms with Crippen LogP contribution in [-0.4, -0.2) is 163 Å². The third kappa shape index (κ3) is 16.4. The normalized spacial score (nSPS) is 15.6. The fourth-order valence-electron chi connectivity index (χ4n) is 10.5. The molecule has 0 amide bonds. The molecule has 10 rings (SSSR count). The molecule has 91 heavy (non-hydrogen) atoms. The topological polar surface area (TPSA) is 267 Å². The molecule has 8 aromatic rings. The number of β-amino-alcohol motifs (C(OH)–C–C–N with tert-alkyl or cyclic N) is 1. The van der Waals surface area contributed by atoms with Gasteiger partial charge >= 0.3 is 15.6 Å². The molecule has 2 unspecified atom stereocenters. The number of halogens is 3. The minimum absolute atomic E-state index is 0.00389. The van der Waals surface area contributed by atoms with Crippen LogP contribution in [0.3, 0.4) is 0 Å². The van der Waals surface area contributed by atoms with Crippen molar-refractivity contribution in [2.24, 2.45) is 20.0 Å². The highest BCUT2D eigenvalue weighted by atomic mass is 32.2. The smallest absolute Gasteiger partial charge is 0.494 e. The number of likely N-dealkylation sites (N-methyl/N-ethyl adjacent to an activating group) is 2. The molecular weight excluding hydrogens is 1220 g/mol. The van der Waals surface area contributed by atoms with Crippen molar-refractivity contribution in [2.45, 2.75) is 70.3 Å². The summed E-state index contributed by atoms with van der Waals surface area (Å²) in [5, 5.41) is 41.7. The zero-order chi connectivity index (χ0) is 66.3. The predicted molar refractivity (Wildman–Crippen MR) is 351 cm³/mol. The molecular formula is C62H79F3N14O10SSi. The van der Waals surface area contributed by atoms with Crippen molar-refractivity contribution in [2.75, 3.05) is 101 Å². The molecule has 2 aliphatic rings. The number of aromatic nitrogens is 6. The van der Waals surface area contributed by atoms with E-state index in [0.29, 0.717) is 78.2 Å². The number of benzene rings is 4. The highest BCUT2D eigenvalue weighted by molar-refractivity contribution is 7.88. The number of para-hydroxylation sites is 2. The van der Waals surface area contributed by atoms with Crippen molar-refractivity contribution in [3.05, 3.63) is 130 Å². The van der Waals surface area contributed by atoms with E-state index in [-0.39, 0.29) is 22.4 Å². The quantitative estimate of drug-likeness (QED) is 0.0277. The summed E-state index contributed by atoms with van der Waals surface area (Å²) < 4.78 is 77.5. The van der Waals surface area contributed by atoms with E-state index in [4.69, 9.17) is 19.4 Å². The molecule has 3 N–H and O–H groups in total. The molecule has 0 aliphatic carbocycles. The molecule has 0 spiro atoms. The number of hydrogen-bond acceptors (Lipinski definition) is 20. The van der Waals surface area contributed by atoms with E-state index in [1.165, 1.54) is 38.8 Å². The fraction of sp³-hybridized carbons (Fsp3) is 0.419. The van der Waals surface area contributed by atoms with E-state index in [0.717, 1.165) is 76.9 Å². The number of ether oxygens (including phenoxy) is 2. The van der Waals surface area contributed by atoms with E-state index in [1.54, 1.807) is 52.4 Å². The lowest BCUT2D eigenvalue weighted by atomic mass is 10.1. The Labute approximate surface area is 528 Å². The van der Waals surface area contributed by atoms with Gasteiger partial charge in [-0.15, -0.1) is 0 Å². The van der Waals surface area contributed by atoms with E-state index in [2.05, 4.69) is 64.0 Å². The molecule has 2 fully saturated rings. The number of aliphatic hydroxyl groups excluding tert-OH is 1. The average Bonchev–Trinajstić information content (AvgIpc) is 1.65. The number of alkyl halides is 3. The third-order valence-corrected chi connectivity index (χ3v) is 23.3. The van der Waals surface area contributed by atoms with E-state index < -0.39 is 33.9 Å². The first kappa shape index (κ1) is 68.4. The molecule has 0 bridgehead atoms. The van der Waals surface area contributed by atoms with Crippen LogP contribution >= 0.6 is 0 Å². The molecule has 29 heteroatoms.